The van der Waals surface area contributed by atoms with Gasteiger partial charge in [0.1, 0.15) is 17.5 Å². The zero-order valence-corrected chi connectivity index (χ0v) is 21.0. The Morgan fingerprint density at radius 3 is 2.57 bits per heavy atom. The lowest BCUT2D eigenvalue weighted by molar-refractivity contribution is -0.129. The highest BCUT2D eigenvalue weighted by atomic mass is 35.5. The normalized spacial score (nSPS) is 17.2. The molecule has 0 bridgehead atoms. The molecule has 1 aromatic carbocycles. The van der Waals surface area contributed by atoms with Gasteiger partial charge >= 0.3 is 0 Å². The minimum Gasteiger partial charge on any atom is -0.496 e. The molecule has 1 unspecified atom stereocenters. The highest BCUT2D eigenvalue weighted by molar-refractivity contribution is 6.28. The number of fused-ring (bicyclic) bond motifs is 1. The molecule has 10 heteroatoms. The van der Waals surface area contributed by atoms with Crippen molar-refractivity contribution in [3.05, 3.63) is 30.0 Å². The molecule has 190 valence electrons. The van der Waals surface area contributed by atoms with Crippen molar-refractivity contribution >= 4 is 46.0 Å². The number of ketones is 1. The molecule has 0 aliphatic carbocycles. The molecular formula is C25H33ClN4O5. The van der Waals surface area contributed by atoms with Gasteiger partial charge in [0.2, 0.25) is 11.8 Å². The number of methoxy groups -OCH3 is 1. The van der Waals surface area contributed by atoms with Gasteiger partial charge in [-0.1, -0.05) is 19.9 Å². The van der Waals surface area contributed by atoms with E-state index in [9.17, 15) is 19.2 Å². The summed E-state index contributed by atoms with van der Waals surface area (Å²) < 4.78 is 5.36. The highest BCUT2D eigenvalue weighted by Crippen LogP contribution is 2.26. The molecule has 35 heavy (non-hydrogen) atoms. The van der Waals surface area contributed by atoms with Gasteiger partial charge in [-0.2, -0.15) is 0 Å². The van der Waals surface area contributed by atoms with Crippen LogP contribution in [0.3, 0.4) is 0 Å². The van der Waals surface area contributed by atoms with E-state index in [0.29, 0.717) is 43.2 Å². The minimum absolute atomic E-state index is 0.134. The topological polar surface area (TPSA) is 129 Å². The third-order valence-corrected chi connectivity index (χ3v) is 6.53. The summed E-state index contributed by atoms with van der Waals surface area (Å²) in [5, 5.41) is 9.04. The second-order valence-electron chi connectivity index (χ2n) is 9.28. The molecule has 1 aromatic heterocycles. The maximum atomic E-state index is 13.2. The number of carbonyl (C=O) groups excluding carboxylic acids is 4. The summed E-state index contributed by atoms with van der Waals surface area (Å²) >= 11 is 5.78. The maximum Gasteiger partial charge on any atom is 0.268 e. The van der Waals surface area contributed by atoms with Gasteiger partial charge in [-0.05, 0) is 49.8 Å². The van der Waals surface area contributed by atoms with Gasteiger partial charge in [0.05, 0.1) is 19.0 Å². The van der Waals surface area contributed by atoms with Crippen molar-refractivity contribution in [3.63, 3.8) is 0 Å². The third kappa shape index (κ3) is 6.75. The van der Waals surface area contributed by atoms with E-state index in [1.165, 1.54) is 0 Å². The molecule has 2 aromatic rings. The Morgan fingerprint density at radius 1 is 1.17 bits per heavy atom. The van der Waals surface area contributed by atoms with E-state index in [0.717, 1.165) is 10.9 Å². The summed E-state index contributed by atoms with van der Waals surface area (Å²) in [5.74, 6) is -1.12. The van der Waals surface area contributed by atoms with Crippen LogP contribution in [0.1, 0.15) is 50.0 Å². The largest absolute Gasteiger partial charge is 0.496 e. The van der Waals surface area contributed by atoms with E-state index in [1.54, 1.807) is 19.2 Å². The summed E-state index contributed by atoms with van der Waals surface area (Å²) in [5.41, 5.74) is 1.03. The van der Waals surface area contributed by atoms with Crippen molar-refractivity contribution < 1.29 is 23.9 Å². The van der Waals surface area contributed by atoms with E-state index in [1.807, 2.05) is 26.0 Å². The fourth-order valence-corrected chi connectivity index (χ4v) is 4.41. The molecule has 0 spiro atoms. The van der Waals surface area contributed by atoms with Crippen molar-refractivity contribution in [2.75, 3.05) is 19.5 Å². The van der Waals surface area contributed by atoms with Crippen LogP contribution in [-0.4, -0.2) is 60.1 Å². The Labute approximate surface area is 209 Å². The molecule has 0 radical (unpaired) electrons. The predicted octanol–water partition coefficient (Wildman–Crippen LogP) is 2.53. The number of Topliss-reactive ketones (excluding diaryl/α,β-unsaturated/α-hetero) is 1. The number of alkyl halides is 1. The molecule has 1 aliphatic heterocycles. The van der Waals surface area contributed by atoms with Crippen LogP contribution >= 0.6 is 11.6 Å². The molecule has 4 N–H and O–H groups in total. The number of aromatic nitrogens is 1. The van der Waals surface area contributed by atoms with E-state index in [-0.39, 0.29) is 29.9 Å². The number of halogens is 1. The second kappa shape index (κ2) is 12.1. The van der Waals surface area contributed by atoms with Gasteiger partial charge in [0, 0.05) is 23.4 Å². The standard InChI is InChI=1S/C25H33ClN4O5/c1-14(2)7-8-18(24(33)30-19(21(31)13-26)11-15-9-10-27-23(15)32)29-25(34)20-12-16-17(28-20)5-4-6-22(16)35-3/h4-6,12,14-15,18-19,28H,7-11,13H2,1-3H3,(H,27,32)(H,29,34)(H,30,33)/t15?,18-,19+/m0/s1. The first-order chi connectivity index (χ1) is 16.7. The number of aromatic amines is 1. The van der Waals surface area contributed by atoms with Crippen molar-refractivity contribution in [1.82, 2.24) is 20.9 Å². The number of nitrogens with one attached hydrogen (secondary N) is 4. The van der Waals surface area contributed by atoms with E-state index in [4.69, 9.17) is 16.3 Å². The van der Waals surface area contributed by atoms with E-state index < -0.39 is 23.9 Å². The molecule has 0 saturated carbocycles. The molecule has 1 saturated heterocycles. The summed E-state index contributed by atoms with van der Waals surface area (Å²) in [6.07, 6.45) is 1.86. The van der Waals surface area contributed by atoms with Crippen LogP contribution in [0.5, 0.6) is 5.75 Å². The van der Waals surface area contributed by atoms with Crippen LogP contribution in [0.15, 0.2) is 24.3 Å². The Bertz CT molecular complexity index is 1080. The summed E-state index contributed by atoms with van der Waals surface area (Å²) in [6, 6.07) is 5.37. The average Bonchev–Trinajstić information content (AvgIpc) is 3.46. The maximum absolute atomic E-state index is 13.2. The first kappa shape index (κ1) is 26.5. The predicted molar refractivity (Wildman–Crippen MR) is 134 cm³/mol. The Hall–Kier alpha value is -3.07. The minimum atomic E-state index is -0.898. The molecule has 3 amide bonds. The van der Waals surface area contributed by atoms with Gasteiger partial charge in [-0.25, -0.2) is 0 Å². The molecule has 2 heterocycles. The smallest absolute Gasteiger partial charge is 0.268 e. The number of ether oxygens (including phenoxy) is 1. The van der Waals surface area contributed by atoms with Crippen molar-refractivity contribution in [3.8, 4) is 5.75 Å². The summed E-state index contributed by atoms with van der Waals surface area (Å²) in [6.45, 7) is 4.60. The SMILES string of the molecule is COc1cccc2[nH]c(C(=O)N[C@@H](CCC(C)C)C(=O)N[C@H](CC3CCNC3=O)C(=O)CCl)cc12. The average molecular weight is 505 g/mol. The number of carbonyl (C=O) groups is 4. The van der Waals surface area contributed by atoms with E-state index >= 15 is 0 Å². The summed E-state index contributed by atoms with van der Waals surface area (Å²) in [4.78, 5) is 53.8. The molecule has 3 atom stereocenters. The van der Waals surface area contributed by atoms with E-state index in [2.05, 4.69) is 20.9 Å². The van der Waals surface area contributed by atoms with Gasteiger partial charge in [0.25, 0.3) is 5.91 Å². The van der Waals surface area contributed by atoms with Crippen LogP contribution in [-0.2, 0) is 14.4 Å². The number of amides is 3. The Morgan fingerprint density at radius 2 is 1.94 bits per heavy atom. The van der Waals surface area contributed by atoms with Crippen LogP contribution in [0.25, 0.3) is 10.9 Å². The second-order valence-corrected chi connectivity index (χ2v) is 9.54. The van der Waals surface area contributed by atoms with Gasteiger partial charge in [0.15, 0.2) is 5.78 Å². The molecular weight excluding hydrogens is 472 g/mol. The number of benzene rings is 1. The lowest BCUT2D eigenvalue weighted by atomic mass is 9.95. The number of hydrogen-bond donors (Lipinski definition) is 4. The first-order valence-corrected chi connectivity index (χ1v) is 12.4. The number of rotatable bonds is 12. The van der Waals surface area contributed by atoms with Crippen LogP contribution in [0.4, 0.5) is 0 Å². The molecule has 9 nitrogen and oxygen atoms in total. The fourth-order valence-electron chi connectivity index (χ4n) is 4.22. The van der Waals surface area contributed by atoms with Gasteiger partial charge < -0.3 is 25.7 Å². The molecule has 3 rings (SSSR count). The number of hydrogen-bond acceptors (Lipinski definition) is 5. The Balaban J connectivity index is 1.76. The zero-order valence-electron chi connectivity index (χ0n) is 20.3. The van der Waals surface area contributed by atoms with Crippen molar-refractivity contribution in [2.45, 2.75) is 51.6 Å². The molecule has 1 aliphatic rings. The zero-order chi connectivity index (χ0) is 25.5. The Kier molecular flexibility index (Phi) is 9.14. The van der Waals surface area contributed by atoms with Crippen molar-refractivity contribution in [1.29, 1.82) is 0 Å². The van der Waals surface area contributed by atoms with Crippen LogP contribution in [0, 0.1) is 11.8 Å². The van der Waals surface area contributed by atoms with Crippen LogP contribution in [0.2, 0.25) is 0 Å². The van der Waals surface area contributed by atoms with Crippen molar-refractivity contribution in [2.24, 2.45) is 11.8 Å². The first-order valence-electron chi connectivity index (χ1n) is 11.9. The third-order valence-electron chi connectivity index (χ3n) is 6.26. The van der Waals surface area contributed by atoms with Gasteiger partial charge in [-0.15, -0.1) is 11.6 Å². The molecule has 1 fully saturated rings. The number of H-pyrrole nitrogens is 1. The fraction of sp³-hybridized carbons (Fsp3) is 0.520. The summed E-state index contributed by atoms with van der Waals surface area (Å²) in [7, 11) is 1.56. The lowest BCUT2D eigenvalue weighted by Gasteiger charge is -2.24. The highest BCUT2D eigenvalue weighted by Gasteiger charge is 2.33. The lowest BCUT2D eigenvalue weighted by Crippen LogP contribution is -2.52. The quantitative estimate of drug-likeness (QED) is 0.330. The van der Waals surface area contributed by atoms with Crippen LogP contribution < -0.4 is 20.7 Å². The van der Waals surface area contributed by atoms with Gasteiger partial charge in [-0.3, -0.25) is 19.2 Å². The monoisotopic (exact) mass is 504 g/mol.